The number of nitrogens with zero attached hydrogens (tertiary/aromatic N) is 4. The van der Waals surface area contributed by atoms with Gasteiger partial charge in [0.05, 0.1) is 5.56 Å². The van der Waals surface area contributed by atoms with E-state index in [0.29, 0.717) is 35.2 Å². The molecule has 37 heavy (non-hydrogen) atoms. The number of carboxylic acids is 1. The molecule has 3 aromatic rings. The van der Waals surface area contributed by atoms with E-state index >= 15 is 0 Å². The van der Waals surface area contributed by atoms with E-state index in [9.17, 15) is 23.1 Å². The van der Waals surface area contributed by atoms with Gasteiger partial charge in [-0.1, -0.05) is 32.4 Å². The van der Waals surface area contributed by atoms with Gasteiger partial charge in [0.15, 0.2) is 11.5 Å². The minimum absolute atomic E-state index is 0.0426. The van der Waals surface area contributed by atoms with Crippen LogP contribution in [0.25, 0.3) is 11.2 Å². The monoisotopic (exact) mass is 519 g/mol. The third kappa shape index (κ3) is 6.03. The summed E-state index contributed by atoms with van der Waals surface area (Å²) in [5, 5.41) is 13.0. The lowest BCUT2D eigenvalue weighted by molar-refractivity contribution is -0.137. The Balaban J connectivity index is 1.82. The molecule has 0 radical (unpaired) electrons. The molecule has 1 unspecified atom stereocenters. The first-order chi connectivity index (χ1) is 17.4. The first-order valence-corrected chi connectivity index (χ1v) is 12.5. The summed E-state index contributed by atoms with van der Waals surface area (Å²) in [4.78, 5) is 24.9. The van der Waals surface area contributed by atoms with Crippen LogP contribution in [0.2, 0.25) is 0 Å². The number of aromatic nitrogens is 4. The van der Waals surface area contributed by atoms with Gasteiger partial charge >= 0.3 is 12.1 Å². The van der Waals surface area contributed by atoms with Crippen LogP contribution in [-0.4, -0.2) is 43.2 Å². The van der Waals surface area contributed by atoms with Gasteiger partial charge in [-0.2, -0.15) is 13.2 Å². The number of nitrogens with one attached hydrogen (secondary N) is 1. The molecular weight excluding hydrogens is 487 g/mol. The highest BCUT2D eigenvalue weighted by Gasteiger charge is 2.31. The number of alkyl halides is 3. The van der Waals surface area contributed by atoms with Gasteiger partial charge in [-0.05, 0) is 56.2 Å². The summed E-state index contributed by atoms with van der Waals surface area (Å²) in [7, 11) is 0. The van der Waals surface area contributed by atoms with Crippen molar-refractivity contribution in [3.63, 3.8) is 0 Å². The van der Waals surface area contributed by atoms with Crippen molar-refractivity contribution in [2.24, 2.45) is 11.8 Å². The number of hydrogen-bond acceptors (Lipinski definition) is 6. The second kappa shape index (κ2) is 10.6. The lowest BCUT2D eigenvalue weighted by Crippen LogP contribution is -2.31. The molecule has 1 fully saturated rings. The third-order valence-corrected chi connectivity index (χ3v) is 6.71. The Morgan fingerprint density at radius 1 is 1.14 bits per heavy atom. The van der Waals surface area contributed by atoms with Crippen molar-refractivity contribution < 1.29 is 27.8 Å². The molecule has 4 rings (SSSR count). The average Bonchev–Trinajstić information content (AvgIpc) is 3.14. The fourth-order valence-electron chi connectivity index (χ4n) is 4.39. The molecule has 200 valence electrons. The van der Waals surface area contributed by atoms with Gasteiger partial charge in [-0.15, -0.1) is 0 Å². The summed E-state index contributed by atoms with van der Waals surface area (Å²) < 4.78 is 47.1. The molecule has 0 amide bonds. The SMILES string of the molecule is CC(C)COC(C)c1nc2nc(C(=O)O)nc(N[C@H](C)C3CCC3)c2n1Cc1ccc(C(F)(F)F)cc1. The van der Waals surface area contributed by atoms with Gasteiger partial charge in [0.2, 0.25) is 5.82 Å². The number of anilines is 1. The first-order valence-electron chi connectivity index (χ1n) is 12.5. The normalized spacial score (nSPS) is 16.1. The second-order valence-corrected chi connectivity index (χ2v) is 10.1. The molecule has 2 atom stereocenters. The zero-order valence-corrected chi connectivity index (χ0v) is 21.3. The number of imidazole rings is 1. The Morgan fingerprint density at radius 3 is 2.35 bits per heavy atom. The highest BCUT2D eigenvalue weighted by Crippen LogP contribution is 2.34. The highest BCUT2D eigenvalue weighted by molar-refractivity contribution is 5.90. The minimum atomic E-state index is -4.43. The van der Waals surface area contributed by atoms with E-state index in [1.54, 1.807) is 0 Å². The Bertz CT molecular complexity index is 1250. The van der Waals surface area contributed by atoms with Gasteiger partial charge < -0.3 is 19.7 Å². The number of halogens is 3. The van der Waals surface area contributed by atoms with E-state index in [4.69, 9.17) is 4.74 Å². The molecule has 1 aliphatic carbocycles. The van der Waals surface area contributed by atoms with Crippen molar-refractivity contribution in [1.29, 1.82) is 0 Å². The number of benzene rings is 1. The minimum Gasteiger partial charge on any atom is -0.475 e. The van der Waals surface area contributed by atoms with Crippen LogP contribution in [0.1, 0.15) is 80.6 Å². The number of carboxylic acid groups (broad SMARTS) is 1. The van der Waals surface area contributed by atoms with Crippen LogP contribution in [0.15, 0.2) is 24.3 Å². The maximum absolute atomic E-state index is 13.1. The molecule has 11 heteroatoms. The molecule has 1 aromatic carbocycles. The summed E-state index contributed by atoms with van der Waals surface area (Å²) in [6, 6.07) is 4.98. The smallest absolute Gasteiger partial charge is 0.416 e. The van der Waals surface area contributed by atoms with Crippen molar-refractivity contribution in [1.82, 2.24) is 19.5 Å². The van der Waals surface area contributed by atoms with Crippen molar-refractivity contribution in [3.8, 4) is 0 Å². The van der Waals surface area contributed by atoms with E-state index in [1.165, 1.54) is 12.1 Å². The van der Waals surface area contributed by atoms with E-state index in [-0.39, 0.29) is 30.0 Å². The van der Waals surface area contributed by atoms with Gasteiger partial charge in [-0.3, -0.25) is 0 Å². The second-order valence-electron chi connectivity index (χ2n) is 10.1. The maximum Gasteiger partial charge on any atom is 0.416 e. The van der Waals surface area contributed by atoms with E-state index in [2.05, 4.69) is 20.3 Å². The molecule has 1 saturated carbocycles. The lowest BCUT2D eigenvalue weighted by atomic mass is 9.80. The van der Waals surface area contributed by atoms with Crippen molar-refractivity contribution in [2.45, 2.75) is 71.8 Å². The van der Waals surface area contributed by atoms with Crippen LogP contribution < -0.4 is 5.32 Å². The summed E-state index contributed by atoms with van der Waals surface area (Å²) in [6.07, 6.45) is -1.61. The van der Waals surface area contributed by atoms with Crippen LogP contribution in [0.5, 0.6) is 0 Å². The van der Waals surface area contributed by atoms with Crippen LogP contribution in [0.4, 0.5) is 19.0 Å². The highest BCUT2D eigenvalue weighted by atomic mass is 19.4. The summed E-state index contributed by atoms with van der Waals surface area (Å²) in [5.74, 6) is -0.108. The van der Waals surface area contributed by atoms with Gasteiger partial charge in [0.1, 0.15) is 17.4 Å². The summed E-state index contributed by atoms with van der Waals surface area (Å²) in [6.45, 7) is 8.56. The summed E-state index contributed by atoms with van der Waals surface area (Å²) in [5.41, 5.74) is 0.570. The first kappa shape index (κ1) is 26.8. The Kier molecular flexibility index (Phi) is 7.72. The fourth-order valence-corrected chi connectivity index (χ4v) is 4.39. The largest absolute Gasteiger partial charge is 0.475 e. The van der Waals surface area contributed by atoms with Crippen molar-refractivity contribution in [3.05, 3.63) is 47.0 Å². The molecule has 0 saturated heterocycles. The number of hydrogen-bond donors (Lipinski definition) is 2. The fraction of sp³-hybridized carbons (Fsp3) is 0.538. The lowest BCUT2D eigenvalue weighted by Gasteiger charge is -2.32. The quantitative estimate of drug-likeness (QED) is 0.342. The van der Waals surface area contributed by atoms with Gasteiger partial charge in [0, 0.05) is 19.2 Å². The Labute approximate surface area is 213 Å². The number of rotatable bonds is 10. The molecule has 1 aliphatic rings. The molecule has 0 spiro atoms. The topological polar surface area (TPSA) is 102 Å². The number of ether oxygens (including phenoxy) is 1. The van der Waals surface area contributed by atoms with Crippen LogP contribution in [0.3, 0.4) is 0 Å². The molecule has 0 aliphatic heterocycles. The zero-order chi connectivity index (χ0) is 26.9. The predicted molar refractivity (Wildman–Crippen MR) is 132 cm³/mol. The molecule has 0 bridgehead atoms. The van der Waals surface area contributed by atoms with E-state index in [1.807, 2.05) is 32.3 Å². The van der Waals surface area contributed by atoms with Gasteiger partial charge in [0.25, 0.3) is 0 Å². The van der Waals surface area contributed by atoms with Crippen LogP contribution in [0, 0.1) is 11.8 Å². The van der Waals surface area contributed by atoms with E-state index in [0.717, 1.165) is 31.4 Å². The number of carbonyl (C=O) groups is 1. The van der Waals surface area contributed by atoms with Crippen LogP contribution in [-0.2, 0) is 17.5 Å². The van der Waals surface area contributed by atoms with Gasteiger partial charge in [-0.25, -0.2) is 19.7 Å². The summed E-state index contributed by atoms with van der Waals surface area (Å²) >= 11 is 0. The molecule has 2 heterocycles. The molecule has 2 N–H and O–H groups in total. The Morgan fingerprint density at radius 2 is 1.81 bits per heavy atom. The number of fused-ring (bicyclic) bond motifs is 1. The van der Waals surface area contributed by atoms with Crippen molar-refractivity contribution in [2.75, 3.05) is 11.9 Å². The standard InChI is InChI=1S/C26H32F3N5O3/c1-14(2)13-37-16(4)24-33-22-20(34(24)12-17-8-10-19(11-9-17)26(27,28)29)21(31-23(32-22)25(35)36)30-15(3)18-6-5-7-18/h8-11,14-16,18H,5-7,12-13H2,1-4H3,(H,35,36)(H,30,31,32)/t15-,16?/m1/s1. The molecule has 8 nitrogen and oxygen atoms in total. The number of aromatic carboxylic acids is 1. The van der Waals surface area contributed by atoms with E-state index < -0.39 is 23.8 Å². The maximum atomic E-state index is 13.1. The van der Waals surface area contributed by atoms with Crippen LogP contribution >= 0.6 is 0 Å². The Hall–Kier alpha value is -3.21. The average molecular weight is 520 g/mol. The third-order valence-electron chi connectivity index (χ3n) is 6.71. The molecule has 2 aromatic heterocycles. The predicted octanol–water partition coefficient (Wildman–Crippen LogP) is 5.93. The zero-order valence-electron chi connectivity index (χ0n) is 21.3. The van der Waals surface area contributed by atoms with Crippen molar-refractivity contribution >= 4 is 23.0 Å². The molecular formula is C26H32F3N5O3.